The van der Waals surface area contributed by atoms with E-state index in [1.54, 1.807) is 13.8 Å². The molecular weight excluding hydrogens is 382 g/mol. The van der Waals surface area contributed by atoms with E-state index in [4.69, 9.17) is 0 Å². The van der Waals surface area contributed by atoms with Crippen molar-refractivity contribution in [1.29, 1.82) is 0 Å². The molecule has 25 heavy (non-hydrogen) atoms. The summed E-state index contributed by atoms with van der Waals surface area (Å²) in [4.78, 5) is 19.2. The smallest absolute Gasteiger partial charge is 0.309 e. The van der Waals surface area contributed by atoms with Crippen molar-refractivity contribution < 1.29 is 9.90 Å². The van der Waals surface area contributed by atoms with Gasteiger partial charge in [0.15, 0.2) is 0 Å². The lowest BCUT2D eigenvalue weighted by molar-refractivity contribution is -0.147. The molecule has 0 bridgehead atoms. The van der Waals surface area contributed by atoms with E-state index >= 15 is 0 Å². The number of nitrogens with one attached hydrogen (secondary N) is 2. The average molecular weight is 406 g/mol. The van der Waals surface area contributed by atoms with E-state index in [9.17, 15) is 9.90 Å². The quantitative estimate of drug-likeness (QED) is 0.665. The van der Waals surface area contributed by atoms with Gasteiger partial charge >= 0.3 is 5.97 Å². The summed E-state index contributed by atoms with van der Waals surface area (Å²) in [6.45, 7) is 4.51. The number of nitrogens with zero attached hydrogens (tertiary/aromatic N) is 1. The van der Waals surface area contributed by atoms with Crippen LogP contribution in [0.15, 0.2) is 34.9 Å². The van der Waals surface area contributed by atoms with Crippen LogP contribution in [0, 0.1) is 11.3 Å². The van der Waals surface area contributed by atoms with Crippen LogP contribution in [-0.2, 0) is 4.79 Å². The molecule has 0 spiro atoms. The second kappa shape index (κ2) is 7.30. The molecule has 1 aromatic carbocycles. The largest absolute Gasteiger partial charge is 0.481 e. The summed E-state index contributed by atoms with van der Waals surface area (Å²) in [6, 6.07) is 8.36. The first-order chi connectivity index (χ1) is 11.8. The number of carboxylic acid groups (broad SMARTS) is 1. The van der Waals surface area contributed by atoms with Crippen LogP contribution in [0.4, 0.5) is 0 Å². The van der Waals surface area contributed by atoms with E-state index in [0.29, 0.717) is 12.3 Å². The van der Waals surface area contributed by atoms with Crippen LogP contribution in [0.2, 0.25) is 0 Å². The zero-order valence-electron chi connectivity index (χ0n) is 14.6. The normalized spacial score (nSPS) is 20.8. The Labute approximate surface area is 156 Å². The Kier molecular flexibility index (Phi) is 5.29. The van der Waals surface area contributed by atoms with E-state index < -0.39 is 11.4 Å². The predicted molar refractivity (Wildman–Crippen MR) is 101 cm³/mol. The van der Waals surface area contributed by atoms with Gasteiger partial charge in [0, 0.05) is 4.47 Å². The molecule has 2 heterocycles. The second-order valence-corrected chi connectivity index (χ2v) is 8.39. The van der Waals surface area contributed by atoms with Crippen molar-refractivity contribution >= 4 is 21.9 Å². The number of H-pyrrole nitrogens is 1. The molecule has 3 N–H and O–H groups in total. The van der Waals surface area contributed by atoms with E-state index in [0.717, 1.165) is 40.9 Å². The zero-order valence-corrected chi connectivity index (χ0v) is 16.1. The Morgan fingerprint density at radius 3 is 2.76 bits per heavy atom. The predicted octanol–water partition coefficient (Wildman–Crippen LogP) is 4.38. The van der Waals surface area contributed by atoms with Crippen LogP contribution in [0.1, 0.15) is 45.0 Å². The molecule has 1 aliphatic rings. The molecule has 0 radical (unpaired) electrons. The summed E-state index contributed by atoms with van der Waals surface area (Å²) in [5.41, 5.74) is 1.47. The Bertz CT molecular complexity index is 739. The number of aromatic nitrogens is 2. The first kappa shape index (κ1) is 18.1. The number of benzene rings is 1. The number of halogens is 1. The van der Waals surface area contributed by atoms with Crippen molar-refractivity contribution in [3.05, 3.63) is 40.8 Å². The van der Waals surface area contributed by atoms with Gasteiger partial charge < -0.3 is 15.4 Å². The van der Waals surface area contributed by atoms with Gasteiger partial charge in [-0.1, -0.05) is 28.1 Å². The third-order valence-corrected chi connectivity index (χ3v) is 5.59. The Balaban J connectivity index is 1.59. The van der Waals surface area contributed by atoms with Crippen molar-refractivity contribution in [2.24, 2.45) is 11.3 Å². The van der Waals surface area contributed by atoms with Crippen molar-refractivity contribution in [3.8, 4) is 11.3 Å². The second-order valence-electron chi connectivity index (χ2n) is 7.48. The molecule has 3 rings (SSSR count). The summed E-state index contributed by atoms with van der Waals surface area (Å²) < 4.78 is 1.06. The molecular formula is C19H24BrN3O2. The van der Waals surface area contributed by atoms with Gasteiger partial charge in [0.25, 0.3) is 0 Å². The van der Waals surface area contributed by atoms with Crippen LogP contribution in [0.25, 0.3) is 11.3 Å². The maximum Gasteiger partial charge on any atom is 0.309 e. The molecule has 0 amide bonds. The standard InChI is InChI=1S/C19H24BrN3O2/c1-19(2,18(24)25)8-7-12-9-15(21-10-12)17-22-11-16(23-17)13-3-5-14(20)6-4-13/h3-6,11-12,15,21H,7-10H2,1-2H3,(H,22,23)(H,24,25)/t12-,15-/m0/s1. The first-order valence-corrected chi connectivity index (χ1v) is 9.42. The van der Waals surface area contributed by atoms with Gasteiger partial charge in [0.1, 0.15) is 5.82 Å². The zero-order chi connectivity index (χ0) is 18.0. The highest BCUT2D eigenvalue weighted by Crippen LogP contribution is 2.33. The SMILES string of the molecule is CC(C)(CC[C@@H]1CN[C@H](c2ncc(-c3ccc(Br)cc3)[nH]2)C1)C(=O)O. The lowest BCUT2D eigenvalue weighted by Gasteiger charge is -2.20. The molecule has 0 saturated carbocycles. The molecule has 0 aliphatic carbocycles. The number of rotatable bonds is 6. The Morgan fingerprint density at radius 1 is 1.36 bits per heavy atom. The summed E-state index contributed by atoms with van der Waals surface area (Å²) in [5.74, 6) is 0.725. The lowest BCUT2D eigenvalue weighted by atomic mass is 9.84. The van der Waals surface area contributed by atoms with Gasteiger partial charge in [-0.3, -0.25) is 4.79 Å². The summed E-state index contributed by atoms with van der Waals surface area (Å²) in [5, 5.41) is 12.8. The number of hydrogen-bond donors (Lipinski definition) is 3. The number of aromatic amines is 1. The van der Waals surface area contributed by atoms with Crippen LogP contribution < -0.4 is 5.32 Å². The van der Waals surface area contributed by atoms with Crippen LogP contribution in [0.3, 0.4) is 0 Å². The molecule has 2 atom stereocenters. The van der Waals surface area contributed by atoms with Gasteiger partial charge in [-0.25, -0.2) is 4.98 Å². The lowest BCUT2D eigenvalue weighted by Crippen LogP contribution is -2.24. The average Bonchev–Trinajstić information content (AvgIpc) is 3.23. The Hall–Kier alpha value is -1.66. The monoisotopic (exact) mass is 405 g/mol. The van der Waals surface area contributed by atoms with Crippen molar-refractivity contribution in [2.75, 3.05) is 6.54 Å². The van der Waals surface area contributed by atoms with Gasteiger partial charge in [-0.15, -0.1) is 0 Å². The van der Waals surface area contributed by atoms with Gasteiger partial charge in [-0.05, 0) is 63.3 Å². The molecule has 6 heteroatoms. The summed E-state index contributed by atoms with van der Waals surface area (Å²) in [7, 11) is 0. The van der Waals surface area contributed by atoms with E-state index in [-0.39, 0.29) is 6.04 Å². The number of hydrogen-bond acceptors (Lipinski definition) is 3. The van der Waals surface area contributed by atoms with Crippen molar-refractivity contribution in [2.45, 2.75) is 39.2 Å². The molecule has 5 nitrogen and oxygen atoms in total. The highest BCUT2D eigenvalue weighted by molar-refractivity contribution is 9.10. The highest BCUT2D eigenvalue weighted by atomic mass is 79.9. The number of carboxylic acids is 1. The molecule has 1 saturated heterocycles. The third kappa shape index (κ3) is 4.30. The fraction of sp³-hybridized carbons (Fsp3) is 0.474. The highest BCUT2D eigenvalue weighted by Gasteiger charge is 2.32. The van der Waals surface area contributed by atoms with Crippen molar-refractivity contribution in [3.63, 3.8) is 0 Å². The summed E-state index contributed by atoms with van der Waals surface area (Å²) >= 11 is 3.45. The molecule has 2 aromatic rings. The fourth-order valence-electron chi connectivity index (χ4n) is 3.20. The summed E-state index contributed by atoms with van der Waals surface area (Å²) in [6.07, 6.45) is 4.48. The number of imidazole rings is 1. The third-order valence-electron chi connectivity index (χ3n) is 5.06. The van der Waals surface area contributed by atoms with Crippen LogP contribution >= 0.6 is 15.9 Å². The van der Waals surface area contributed by atoms with E-state index in [1.165, 1.54) is 0 Å². The fourth-order valence-corrected chi connectivity index (χ4v) is 3.46. The van der Waals surface area contributed by atoms with Gasteiger partial charge in [0.2, 0.25) is 0 Å². The van der Waals surface area contributed by atoms with E-state index in [2.05, 4.69) is 43.3 Å². The maximum absolute atomic E-state index is 11.2. The van der Waals surface area contributed by atoms with Gasteiger partial charge in [-0.2, -0.15) is 0 Å². The first-order valence-electron chi connectivity index (χ1n) is 8.63. The Morgan fingerprint density at radius 2 is 2.08 bits per heavy atom. The van der Waals surface area contributed by atoms with Crippen molar-refractivity contribution in [1.82, 2.24) is 15.3 Å². The van der Waals surface area contributed by atoms with Gasteiger partial charge in [0.05, 0.1) is 23.3 Å². The number of carbonyl (C=O) groups is 1. The minimum Gasteiger partial charge on any atom is -0.481 e. The molecule has 134 valence electrons. The van der Waals surface area contributed by atoms with Crippen LogP contribution in [-0.4, -0.2) is 27.6 Å². The topological polar surface area (TPSA) is 78.0 Å². The molecule has 1 fully saturated rings. The minimum absolute atomic E-state index is 0.210. The maximum atomic E-state index is 11.2. The molecule has 1 aromatic heterocycles. The number of aliphatic carboxylic acids is 1. The minimum atomic E-state index is -0.722. The van der Waals surface area contributed by atoms with Crippen LogP contribution in [0.5, 0.6) is 0 Å². The van der Waals surface area contributed by atoms with E-state index in [1.807, 2.05) is 18.3 Å². The molecule has 0 unspecified atom stereocenters. The molecule has 1 aliphatic heterocycles.